The molecule has 0 spiro atoms. The molecule has 0 aliphatic carbocycles. The molecule has 0 rings (SSSR count). The lowest BCUT2D eigenvalue weighted by molar-refractivity contribution is -0.121. The highest BCUT2D eigenvalue weighted by Gasteiger charge is 2.13. The molecule has 0 aromatic rings. The van der Waals surface area contributed by atoms with Gasteiger partial charge in [0.25, 0.3) is 0 Å². The van der Waals surface area contributed by atoms with Crippen molar-refractivity contribution in [3.8, 4) is 0 Å². The first-order chi connectivity index (χ1) is 8.89. The van der Waals surface area contributed by atoms with Crippen molar-refractivity contribution < 1.29 is 9.53 Å². The topological polar surface area (TPSA) is 74.8 Å². The smallest absolute Gasteiger partial charge is 0.239 e. The minimum atomic E-state index is -0.215. The molecule has 0 bridgehead atoms. The summed E-state index contributed by atoms with van der Waals surface area (Å²) in [7, 11) is 1.68. The summed E-state index contributed by atoms with van der Waals surface area (Å²) in [4.78, 5) is 15.7. The SMILES string of the molecule is CCOCCCNC(=NC)NCC(=O)NC(C)(C)C.I. The summed E-state index contributed by atoms with van der Waals surface area (Å²) in [5.41, 5.74) is -0.215. The molecule has 120 valence electrons. The fourth-order valence-corrected chi connectivity index (χ4v) is 1.37. The number of hydrogen-bond donors (Lipinski definition) is 3. The van der Waals surface area contributed by atoms with Crippen LogP contribution in [0.15, 0.2) is 4.99 Å². The summed E-state index contributed by atoms with van der Waals surface area (Å²) in [6, 6.07) is 0. The van der Waals surface area contributed by atoms with Crippen LogP contribution in [0.25, 0.3) is 0 Å². The number of guanidine groups is 1. The number of ether oxygens (including phenoxy) is 1. The predicted molar refractivity (Wildman–Crippen MR) is 93.8 cm³/mol. The highest BCUT2D eigenvalue weighted by Crippen LogP contribution is 1.96. The third-order valence-electron chi connectivity index (χ3n) is 2.12. The van der Waals surface area contributed by atoms with Crippen molar-refractivity contribution >= 4 is 35.8 Å². The van der Waals surface area contributed by atoms with E-state index < -0.39 is 0 Å². The lowest BCUT2D eigenvalue weighted by atomic mass is 10.1. The second kappa shape index (κ2) is 12.2. The molecule has 0 aliphatic heterocycles. The van der Waals surface area contributed by atoms with Crippen LogP contribution in [-0.2, 0) is 9.53 Å². The van der Waals surface area contributed by atoms with Crippen molar-refractivity contribution in [2.75, 3.05) is 33.4 Å². The summed E-state index contributed by atoms with van der Waals surface area (Å²) in [6.07, 6.45) is 0.905. The van der Waals surface area contributed by atoms with Crippen LogP contribution in [0.4, 0.5) is 0 Å². The Bertz CT molecular complexity index is 291. The molecule has 0 aromatic heterocycles. The lowest BCUT2D eigenvalue weighted by Crippen LogP contribution is -2.48. The van der Waals surface area contributed by atoms with E-state index in [1.807, 2.05) is 27.7 Å². The molecule has 20 heavy (non-hydrogen) atoms. The van der Waals surface area contributed by atoms with Gasteiger partial charge in [-0.2, -0.15) is 0 Å². The van der Waals surface area contributed by atoms with Crippen molar-refractivity contribution in [1.29, 1.82) is 0 Å². The van der Waals surface area contributed by atoms with E-state index in [0.717, 1.165) is 26.2 Å². The maximum atomic E-state index is 11.6. The Hall–Kier alpha value is -0.570. The van der Waals surface area contributed by atoms with Gasteiger partial charge in [-0.3, -0.25) is 9.79 Å². The Labute approximate surface area is 139 Å². The number of rotatable bonds is 7. The Morgan fingerprint density at radius 1 is 1.25 bits per heavy atom. The minimum absolute atomic E-state index is 0. The van der Waals surface area contributed by atoms with E-state index in [-0.39, 0.29) is 42.0 Å². The molecule has 6 nitrogen and oxygen atoms in total. The molecule has 0 atom stereocenters. The number of carbonyl (C=O) groups is 1. The van der Waals surface area contributed by atoms with Gasteiger partial charge in [0.1, 0.15) is 0 Å². The summed E-state index contributed by atoms with van der Waals surface area (Å²) in [5.74, 6) is 0.574. The van der Waals surface area contributed by atoms with E-state index in [1.165, 1.54) is 0 Å². The molecule has 0 unspecified atom stereocenters. The van der Waals surface area contributed by atoms with Crippen LogP contribution >= 0.6 is 24.0 Å². The Morgan fingerprint density at radius 2 is 1.90 bits per heavy atom. The summed E-state index contributed by atoms with van der Waals surface area (Å²) in [6.45, 7) is 10.3. The molecule has 1 amide bonds. The van der Waals surface area contributed by atoms with Crippen LogP contribution in [0.3, 0.4) is 0 Å². The van der Waals surface area contributed by atoms with Gasteiger partial charge in [-0.05, 0) is 34.1 Å². The first-order valence-corrected chi connectivity index (χ1v) is 6.72. The van der Waals surface area contributed by atoms with E-state index in [4.69, 9.17) is 4.74 Å². The van der Waals surface area contributed by atoms with Crippen molar-refractivity contribution in [2.24, 2.45) is 4.99 Å². The Morgan fingerprint density at radius 3 is 2.40 bits per heavy atom. The number of nitrogens with one attached hydrogen (secondary N) is 3. The number of carbonyl (C=O) groups excluding carboxylic acids is 1. The maximum Gasteiger partial charge on any atom is 0.239 e. The third kappa shape index (κ3) is 13.9. The molecule has 0 radical (unpaired) electrons. The zero-order chi connectivity index (χ0) is 14.7. The van der Waals surface area contributed by atoms with E-state index >= 15 is 0 Å². The second-order valence-corrected chi connectivity index (χ2v) is 5.20. The van der Waals surface area contributed by atoms with Gasteiger partial charge in [0.15, 0.2) is 5.96 Å². The zero-order valence-electron chi connectivity index (χ0n) is 13.2. The molecule has 0 saturated carbocycles. The quantitative estimate of drug-likeness (QED) is 0.259. The minimum Gasteiger partial charge on any atom is -0.382 e. The van der Waals surface area contributed by atoms with Gasteiger partial charge in [-0.1, -0.05) is 0 Å². The molecule has 7 heteroatoms. The Balaban J connectivity index is 0. The highest BCUT2D eigenvalue weighted by atomic mass is 127. The number of aliphatic imine (C=N–C) groups is 1. The Kier molecular flexibility index (Phi) is 13.2. The highest BCUT2D eigenvalue weighted by molar-refractivity contribution is 14.0. The van der Waals surface area contributed by atoms with Crippen molar-refractivity contribution in [3.05, 3.63) is 0 Å². The van der Waals surface area contributed by atoms with Crippen molar-refractivity contribution in [2.45, 2.75) is 39.7 Å². The summed E-state index contributed by atoms with van der Waals surface area (Å²) in [5, 5.41) is 8.97. The van der Waals surface area contributed by atoms with E-state index in [1.54, 1.807) is 7.05 Å². The van der Waals surface area contributed by atoms with Crippen LogP contribution in [-0.4, -0.2) is 50.8 Å². The van der Waals surface area contributed by atoms with Gasteiger partial charge >= 0.3 is 0 Å². The van der Waals surface area contributed by atoms with Crippen LogP contribution in [0.1, 0.15) is 34.1 Å². The standard InChI is InChI=1S/C13H28N4O2.HI/c1-6-19-9-7-8-15-12(14-5)16-10-11(18)17-13(2,3)4;/h6-10H2,1-5H3,(H,17,18)(H2,14,15,16);1H. The van der Waals surface area contributed by atoms with Crippen molar-refractivity contribution in [1.82, 2.24) is 16.0 Å². The summed E-state index contributed by atoms with van der Waals surface area (Å²) < 4.78 is 5.24. The number of nitrogens with zero attached hydrogens (tertiary/aromatic N) is 1. The summed E-state index contributed by atoms with van der Waals surface area (Å²) >= 11 is 0. The average molecular weight is 400 g/mol. The monoisotopic (exact) mass is 400 g/mol. The fourth-order valence-electron chi connectivity index (χ4n) is 1.37. The third-order valence-corrected chi connectivity index (χ3v) is 2.12. The first-order valence-electron chi connectivity index (χ1n) is 6.72. The van der Waals surface area contributed by atoms with Crippen molar-refractivity contribution in [3.63, 3.8) is 0 Å². The maximum absolute atomic E-state index is 11.6. The van der Waals surface area contributed by atoms with E-state index in [2.05, 4.69) is 20.9 Å². The zero-order valence-corrected chi connectivity index (χ0v) is 15.5. The van der Waals surface area contributed by atoms with Gasteiger partial charge in [0.05, 0.1) is 6.54 Å². The van der Waals surface area contributed by atoms with Gasteiger partial charge in [0.2, 0.25) is 5.91 Å². The van der Waals surface area contributed by atoms with Gasteiger partial charge in [0, 0.05) is 32.3 Å². The molecule has 0 aromatic carbocycles. The van der Waals surface area contributed by atoms with Crippen LogP contribution in [0, 0.1) is 0 Å². The number of amides is 1. The number of hydrogen-bond acceptors (Lipinski definition) is 3. The van der Waals surface area contributed by atoms with Gasteiger partial charge in [-0.25, -0.2) is 0 Å². The normalized spacial score (nSPS) is 11.6. The largest absolute Gasteiger partial charge is 0.382 e. The molecule has 3 N–H and O–H groups in total. The molecular formula is C13H29IN4O2. The van der Waals surface area contributed by atoms with Crippen LogP contribution < -0.4 is 16.0 Å². The average Bonchev–Trinajstić information content (AvgIpc) is 2.30. The van der Waals surface area contributed by atoms with Gasteiger partial charge in [-0.15, -0.1) is 24.0 Å². The molecule has 0 heterocycles. The van der Waals surface area contributed by atoms with E-state index in [9.17, 15) is 4.79 Å². The molecule has 0 fully saturated rings. The van der Waals surface area contributed by atoms with Crippen LogP contribution in [0.5, 0.6) is 0 Å². The predicted octanol–water partition coefficient (Wildman–Crippen LogP) is 1.11. The second-order valence-electron chi connectivity index (χ2n) is 5.20. The van der Waals surface area contributed by atoms with E-state index in [0.29, 0.717) is 5.96 Å². The first kappa shape index (κ1) is 21.7. The number of halogens is 1. The molecular weight excluding hydrogens is 371 g/mol. The molecule has 0 saturated heterocycles. The van der Waals surface area contributed by atoms with Crippen LogP contribution in [0.2, 0.25) is 0 Å². The lowest BCUT2D eigenvalue weighted by Gasteiger charge is -2.21. The fraction of sp³-hybridized carbons (Fsp3) is 0.846. The molecule has 0 aliphatic rings. The van der Waals surface area contributed by atoms with Gasteiger partial charge < -0.3 is 20.7 Å².